The standard InChI is InChI=1S/C32H31N2O3/c1-33(2)32-28-20-31(37-4)30(36-3)19-26(28)18-29(34(32)21-35)27-16-24(22-11-7-5-8-12-22)15-25(17-27)23-13-9-6-10-14-23/h5-20,35H,21H2,1-4H3/q+1. The first kappa shape index (κ1) is 24.3. The van der Waals surface area contributed by atoms with Crippen molar-refractivity contribution in [3.63, 3.8) is 0 Å². The predicted molar refractivity (Wildman–Crippen MR) is 150 cm³/mol. The highest BCUT2D eigenvalue weighted by atomic mass is 16.5. The molecule has 1 aromatic heterocycles. The van der Waals surface area contributed by atoms with Crippen LogP contribution < -0.4 is 18.9 Å². The maximum atomic E-state index is 10.6. The Morgan fingerprint density at radius 1 is 0.649 bits per heavy atom. The van der Waals surface area contributed by atoms with Gasteiger partial charge in [-0.05, 0) is 58.0 Å². The number of hydrogen-bond donors (Lipinski definition) is 1. The van der Waals surface area contributed by atoms with Crippen LogP contribution in [0, 0.1) is 0 Å². The molecule has 0 saturated carbocycles. The van der Waals surface area contributed by atoms with Crippen molar-refractivity contribution in [2.24, 2.45) is 0 Å². The van der Waals surface area contributed by atoms with Gasteiger partial charge in [0.15, 0.2) is 18.2 Å². The van der Waals surface area contributed by atoms with Gasteiger partial charge >= 0.3 is 0 Å². The Balaban J connectivity index is 1.84. The number of aliphatic hydroxyl groups excluding tert-OH is 1. The van der Waals surface area contributed by atoms with Crippen LogP contribution in [0.2, 0.25) is 0 Å². The number of anilines is 1. The quantitative estimate of drug-likeness (QED) is 0.277. The number of rotatable bonds is 7. The second kappa shape index (κ2) is 10.3. The van der Waals surface area contributed by atoms with Crippen molar-refractivity contribution in [2.45, 2.75) is 6.73 Å². The van der Waals surface area contributed by atoms with E-state index >= 15 is 0 Å². The lowest BCUT2D eigenvalue weighted by molar-refractivity contribution is -0.707. The normalized spacial score (nSPS) is 10.9. The zero-order valence-electron chi connectivity index (χ0n) is 21.6. The molecule has 0 bridgehead atoms. The number of methoxy groups -OCH3 is 2. The van der Waals surface area contributed by atoms with Gasteiger partial charge < -0.3 is 14.6 Å². The van der Waals surface area contributed by atoms with Crippen molar-refractivity contribution in [1.29, 1.82) is 0 Å². The van der Waals surface area contributed by atoms with Gasteiger partial charge in [0.2, 0.25) is 0 Å². The minimum Gasteiger partial charge on any atom is -0.493 e. The van der Waals surface area contributed by atoms with Gasteiger partial charge in [-0.25, -0.2) is 4.57 Å². The van der Waals surface area contributed by atoms with Crippen LogP contribution in [0.1, 0.15) is 0 Å². The second-order valence-electron chi connectivity index (χ2n) is 9.14. The van der Waals surface area contributed by atoms with Gasteiger partial charge in [-0.3, -0.25) is 4.90 Å². The van der Waals surface area contributed by atoms with Crippen LogP contribution in [0.25, 0.3) is 44.3 Å². The summed E-state index contributed by atoms with van der Waals surface area (Å²) >= 11 is 0. The van der Waals surface area contributed by atoms with E-state index in [0.29, 0.717) is 11.5 Å². The van der Waals surface area contributed by atoms with E-state index in [9.17, 15) is 5.11 Å². The second-order valence-corrected chi connectivity index (χ2v) is 9.14. The highest BCUT2D eigenvalue weighted by Gasteiger charge is 2.24. The third kappa shape index (κ3) is 4.61. The molecule has 0 saturated heterocycles. The molecule has 0 atom stereocenters. The summed E-state index contributed by atoms with van der Waals surface area (Å²) in [5, 5.41) is 12.6. The Bertz CT molecular complexity index is 1490. The molecule has 1 N–H and O–H groups in total. The predicted octanol–water partition coefficient (Wildman–Crippen LogP) is 6.16. The number of pyridine rings is 1. The van der Waals surface area contributed by atoms with Crippen molar-refractivity contribution < 1.29 is 19.1 Å². The number of fused-ring (bicyclic) bond motifs is 1. The van der Waals surface area contributed by atoms with E-state index in [0.717, 1.165) is 50.1 Å². The van der Waals surface area contributed by atoms with Crippen molar-refractivity contribution in [2.75, 3.05) is 33.2 Å². The summed E-state index contributed by atoms with van der Waals surface area (Å²) in [5.41, 5.74) is 6.41. The topological polar surface area (TPSA) is 45.8 Å². The molecule has 37 heavy (non-hydrogen) atoms. The molecule has 1 heterocycles. The number of aliphatic hydroxyl groups is 1. The first-order valence-corrected chi connectivity index (χ1v) is 12.2. The van der Waals surface area contributed by atoms with E-state index in [4.69, 9.17) is 9.47 Å². The van der Waals surface area contributed by atoms with E-state index in [2.05, 4.69) is 72.8 Å². The zero-order chi connectivity index (χ0) is 25.9. The number of benzene rings is 4. The zero-order valence-corrected chi connectivity index (χ0v) is 21.6. The lowest BCUT2D eigenvalue weighted by Gasteiger charge is -2.19. The molecule has 186 valence electrons. The van der Waals surface area contributed by atoms with Gasteiger partial charge in [0.1, 0.15) is 5.69 Å². The highest BCUT2D eigenvalue weighted by molar-refractivity contribution is 5.95. The minimum absolute atomic E-state index is 0.177. The largest absolute Gasteiger partial charge is 0.493 e. The van der Waals surface area contributed by atoms with E-state index in [1.165, 1.54) is 0 Å². The summed E-state index contributed by atoms with van der Waals surface area (Å²) in [6.07, 6.45) is 0. The Labute approximate surface area is 217 Å². The van der Waals surface area contributed by atoms with E-state index in [-0.39, 0.29) is 6.73 Å². The van der Waals surface area contributed by atoms with Crippen molar-refractivity contribution in [1.82, 2.24) is 0 Å². The van der Waals surface area contributed by atoms with Gasteiger partial charge in [0, 0.05) is 11.6 Å². The van der Waals surface area contributed by atoms with Crippen molar-refractivity contribution in [3.8, 4) is 45.0 Å². The number of ether oxygens (including phenoxy) is 2. The number of nitrogens with zero attached hydrogens (tertiary/aromatic N) is 2. The molecule has 4 aromatic carbocycles. The first-order valence-electron chi connectivity index (χ1n) is 12.2. The van der Waals surface area contributed by atoms with E-state index in [1.807, 2.05) is 47.8 Å². The smallest absolute Gasteiger partial charge is 0.286 e. The lowest BCUT2D eigenvalue weighted by atomic mass is 9.94. The fourth-order valence-electron chi connectivity index (χ4n) is 4.93. The molecular formula is C32H31N2O3+. The van der Waals surface area contributed by atoms with Gasteiger partial charge in [-0.2, -0.15) is 0 Å². The Morgan fingerprint density at radius 3 is 1.65 bits per heavy atom. The third-order valence-electron chi connectivity index (χ3n) is 6.64. The maximum Gasteiger partial charge on any atom is 0.286 e. The number of aromatic nitrogens is 1. The molecule has 0 aliphatic rings. The summed E-state index contributed by atoms with van der Waals surface area (Å²) in [7, 11) is 7.24. The Morgan fingerprint density at radius 2 is 1.16 bits per heavy atom. The van der Waals surface area contributed by atoms with Crippen LogP contribution >= 0.6 is 0 Å². The summed E-state index contributed by atoms with van der Waals surface area (Å²) in [5.74, 6) is 2.19. The monoisotopic (exact) mass is 491 g/mol. The summed E-state index contributed by atoms with van der Waals surface area (Å²) in [6, 6.07) is 33.4. The van der Waals surface area contributed by atoms with Gasteiger partial charge in [0.25, 0.3) is 5.82 Å². The molecule has 5 rings (SSSR count). The Hall–Kier alpha value is -4.35. The van der Waals surface area contributed by atoms with Crippen molar-refractivity contribution in [3.05, 3.63) is 97.1 Å². The van der Waals surface area contributed by atoms with Gasteiger partial charge in [-0.1, -0.05) is 60.7 Å². The minimum atomic E-state index is -0.177. The van der Waals surface area contributed by atoms with Crippen molar-refractivity contribution >= 4 is 16.6 Å². The molecule has 5 nitrogen and oxygen atoms in total. The fourth-order valence-corrected chi connectivity index (χ4v) is 4.93. The highest BCUT2D eigenvalue weighted by Crippen LogP contribution is 2.38. The molecule has 0 aliphatic carbocycles. The van der Waals surface area contributed by atoms with Crippen LogP contribution in [0.3, 0.4) is 0 Å². The lowest BCUT2D eigenvalue weighted by Crippen LogP contribution is -2.42. The molecule has 0 radical (unpaired) electrons. The third-order valence-corrected chi connectivity index (χ3v) is 6.64. The molecule has 0 unspecified atom stereocenters. The average molecular weight is 492 g/mol. The van der Waals surface area contributed by atoms with Crippen LogP contribution in [-0.2, 0) is 6.73 Å². The van der Waals surface area contributed by atoms with Crippen LogP contribution in [0.15, 0.2) is 97.1 Å². The Kier molecular flexibility index (Phi) is 6.80. The molecule has 0 aliphatic heterocycles. The summed E-state index contributed by atoms with van der Waals surface area (Å²) < 4.78 is 13.1. The van der Waals surface area contributed by atoms with Crippen LogP contribution in [0.4, 0.5) is 5.82 Å². The molecule has 0 spiro atoms. The van der Waals surface area contributed by atoms with Crippen LogP contribution in [0.5, 0.6) is 11.5 Å². The van der Waals surface area contributed by atoms with Gasteiger partial charge in [-0.15, -0.1) is 0 Å². The average Bonchev–Trinajstić information content (AvgIpc) is 2.95. The maximum absolute atomic E-state index is 10.6. The van der Waals surface area contributed by atoms with Gasteiger partial charge in [0.05, 0.1) is 33.7 Å². The summed E-state index contributed by atoms with van der Waals surface area (Å²) in [4.78, 5) is 2.02. The molecular weight excluding hydrogens is 460 g/mol. The van der Waals surface area contributed by atoms with Crippen LogP contribution in [-0.4, -0.2) is 33.4 Å². The molecule has 5 aromatic rings. The first-order chi connectivity index (χ1) is 18.0. The summed E-state index contributed by atoms with van der Waals surface area (Å²) in [6.45, 7) is -0.177. The van der Waals surface area contributed by atoms with E-state index < -0.39 is 0 Å². The molecule has 0 amide bonds. The number of hydrogen-bond acceptors (Lipinski definition) is 4. The SMILES string of the molecule is COc1cc2cc(-c3cc(-c4ccccc4)cc(-c4ccccc4)c3)[n+](CO)c(N(C)C)c2cc1OC. The molecule has 5 heteroatoms. The fraction of sp³-hybridized carbons (Fsp3) is 0.156. The molecule has 0 fully saturated rings. The van der Waals surface area contributed by atoms with E-state index in [1.54, 1.807) is 14.2 Å².